The summed E-state index contributed by atoms with van der Waals surface area (Å²) in [5.41, 5.74) is 1.05. The van der Waals surface area contributed by atoms with Crippen LogP contribution in [0.25, 0.3) is 0 Å². The Kier molecular flexibility index (Phi) is 6.42. The zero-order chi connectivity index (χ0) is 13.4. The summed E-state index contributed by atoms with van der Waals surface area (Å²) in [6.07, 6.45) is 6.95. The SMILES string of the molecule is C#CCCCNCc1cc(Cl)c(OC)c(OC)c1. The van der Waals surface area contributed by atoms with Gasteiger partial charge in [-0.15, -0.1) is 12.3 Å². The lowest BCUT2D eigenvalue weighted by Crippen LogP contribution is -2.14. The Hall–Kier alpha value is -1.37. The normalized spacial score (nSPS) is 9.89. The van der Waals surface area contributed by atoms with E-state index in [1.165, 1.54) is 0 Å². The van der Waals surface area contributed by atoms with Gasteiger partial charge in [0.15, 0.2) is 11.5 Å². The van der Waals surface area contributed by atoms with Crippen molar-refractivity contribution in [2.45, 2.75) is 19.4 Å². The molecule has 1 rings (SSSR count). The maximum atomic E-state index is 6.12. The second-order valence-corrected chi connectivity index (χ2v) is 4.20. The number of terminal acetylenes is 1. The van der Waals surface area contributed by atoms with E-state index in [1.807, 2.05) is 12.1 Å². The smallest absolute Gasteiger partial charge is 0.179 e. The van der Waals surface area contributed by atoms with Gasteiger partial charge in [0.2, 0.25) is 0 Å². The highest BCUT2D eigenvalue weighted by Crippen LogP contribution is 2.35. The zero-order valence-electron chi connectivity index (χ0n) is 10.8. The fraction of sp³-hybridized carbons (Fsp3) is 0.429. The number of hydrogen-bond acceptors (Lipinski definition) is 3. The van der Waals surface area contributed by atoms with Crippen LogP contribution in [0.3, 0.4) is 0 Å². The predicted octanol–water partition coefficient (Wildman–Crippen LogP) is 2.86. The quantitative estimate of drug-likeness (QED) is 0.609. The summed E-state index contributed by atoms with van der Waals surface area (Å²) in [6.45, 7) is 1.61. The van der Waals surface area contributed by atoms with Gasteiger partial charge < -0.3 is 14.8 Å². The highest BCUT2D eigenvalue weighted by Gasteiger charge is 2.10. The van der Waals surface area contributed by atoms with Crippen LogP contribution in [-0.4, -0.2) is 20.8 Å². The van der Waals surface area contributed by atoms with Crippen molar-refractivity contribution < 1.29 is 9.47 Å². The van der Waals surface area contributed by atoms with Gasteiger partial charge in [0.1, 0.15) is 0 Å². The van der Waals surface area contributed by atoms with Crippen LogP contribution >= 0.6 is 11.6 Å². The van der Waals surface area contributed by atoms with Gasteiger partial charge in [-0.25, -0.2) is 0 Å². The molecule has 1 aromatic rings. The molecular weight excluding hydrogens is 250 g/mol. The Morgan fingerprint density at radius 3 is 2.72 bits per heavy atom. The average Bonchev–Trinajstić information content (AvgIpc) is 2.37. The van der Waals surface area contributed by atoms with Crippen molar-refractivity contribution in [3.63, 3.8) is 0 Å². The molecule has 0 aliphatic carbocycles. The third kappa shape index (κ3) is 4.14. The van der Waals surface area contributed by atoms with Crippen LogP contribution < -0.4 is 14.8 Å². The maximum absolute atomic E-state index is 6.12. The van der Waals surface area contributed by atoms with E-state index in [9.17, 15) is 0 Å². The molecule has 3 nitrogen and oxygen atoms in total. The van der Waals surface area contributed by atoms with Gasteiger partial charge in [-0.2, -0.15) is 0 Å². The molecule has 0 bridgehead atoms. The maximum Gasteiger partial charge on any atom is 0.179 e. The fourth-order valence-electron chi connectivity index (χ4n) is 1.62. The van der Waals surface area contributed by atoms with Crippen LogP contribution in [0.15, 0.2) is 12.1 Å². The van der Waals surface area contributed by atoms with Crippen LogP contribution in [0.2, 0.25) is 5.02 Å². The molecule has 0 atom stereocenters. The summed E-state index contributed by atoms with van der Waals surface area (Å²) in [7, 11) is 3.17. The molecule has 0 saturated heterocycles. The summed E-state index contributed by atoms with van der Waals surface area (Å²) < 4.78 is 10.4. The van der Waals surface area contributed by atoms with Crippen molar-refractivity contribution in [1.29, 1.82) is 0 Å². The van der Waals surface area contributed by atoms with Crippen molar-refractivity contribution in [2.24, 2.45) is 0 Å². The van der Waals surface area contributed by atoms with Crippen LogP contribution in [0.4, 0.5) is 0 Å². The third-order valence-electron chi connectivity index (χ3n) is 2.50. The monoisotopic (exact) mass is 267 g/mol. The van der Waals surface area contributed by atoms with Gasteiger partial charge in [-0.3, -0.25) is 0 Å². The Bertz CT molecular complexity index is 427. The lowest BCUT2D eigenvalue weighted by Gasteiger charge is -2.12. The number of nitrogens with one attached hydrogen (secondary N) is 1. The van der Waals surface area contributed by atoms with Crippen LogP contribution in [-0.2, 0) is 6.54 Å². The van der Waals surface area contributed by atoms with E-state index in [1.54, 1.807) is 14.2 Å². The largest absolute Gasteiger partial charge is 0.493 e. The predicted molar refractivity (Wildman–Crippen MR) is 74.3 cm³/mol. The van der Waals surface area contributed by atoms with Gasteiger partial charge in [0.05, 0.1) is 19.2 Å². The summed E-state index contributed by atoms with van der Waals surface area (Å²) in [4.78, 5) is 0. The first-order valence-electron chi connectivity index (χ1n) is 5.77. The van der Waals surface area contributed by atoms with Crippen molar-refractivity contribution in [2.75, 3.05) is 20.8 Å². The van der Waals surface area contributed by atoms with E-state index in [0.717, 1.165) is 31.5 Å². The summed E-state index contributed by atoms with van der Waals surface area (Å²) in [5.74, 6) is 3.82. The van der Waals surface area contributed by atoms with Crippen LogP contribution in [0.5, 0.6) is 11.5 Å². The molecule has 0 unspecified atom stereocenters. The second kappa shape index (κ2) is 7.86. The lowest BCUT2D eigenvalue weighted by molar-refractivity contribution is 0.354. The highest BCUT2D eigenvalue weighted by atomic mass is 35.5. The summed E-state index contributed by atoms with van der Waals surface area (Å²) in [5, 5.41) is 3.85. The Morgan fingerprint density at radius 2 is 2.11 bits per heavy atom. The standard InChI is InChI=1S/C14H18ClNO2/c1-4-5-6-7-16-10-11-8-12(15)14(18-3)13(9-11)17-2/h1,8-9,16H,5-7,10H2,2-3H3. The van der Waals surface area contributed by atoms with E-state index >= 15 is 0 Å². The molecule has 98 valence electrons. The molecule has 0 aromatic heterocycles. The van der Waals surface area contributed by atoms with E-state index in [4.69, 9.17) is 27.5 Å². The summed E-state index contributed by atoms with van der Waals surface area (Å²) in [6, 6.07) is 3.79. The lowest BCUT2D eigenvalue weighted by atomic mass is 10.2. The molecule has 0 heterocycles. The molecule has 4 heteroatoms. The van der Waals surface area contributed by atoms with E-state index in [-0.39, 0.29) is 0 Å². The first kappa shape index (κ1) is 14.7. The molecule has 0 radical (unpaired) electrons. The molecule has 0 spiro atoms. The fourth-order valence-corrected chi connectivity index (χ4v) is 1.93. The minimum atomic E-state index is 0.553. The molecule has 1 aromatic carbocycles. The minimum absolute atomic E-state index is 0.553. The molecule has 0 amide bonds. The van der Waals surface area contributed by atoms with E-state index < -0.39 is 0 Å². The Balaban J connectivity index is 2.62. The third-order valence-corrected chi connectivity index (χ3v) is 2.78. The highest BCUT2D eigenvalue weighted by molar-refractivity contribution is 6.32. The first-order valence-corrected chi connectivity index (χ1v) is 6.15. The average molecular weight is 268 g/mol. The molecule has 0 saturated carbocycles. The molecule has 18 heavy (non-hydrogen) atoms. The number of hydrogen-bond donors (Lipinski definition) is 1. The van der Waals surface area contributed by atoms with Gasteiger partial charge in [0, 0.05) is 13.0 Å². The van der Waals surface area contributed by atoms with Gasteiger partial charge in [-0.05, 0) is 30.7 Å². The second-order valence-electron chi connectivity index (χ2n) is 3.80. The van der Waals surface area contributed by atoms with Crippen molar-refractivity contribution in [3.8, 4) is 23.8 Å². The number of ether oxygens (including phenoxy) is 2. The number of unbranched alkanes of at least 4 members (excludes halogenated alkanes) is 1. The van der Waals surface area contributed by atoms with Gasteiger partial charge in [-0.1, -0.05) is 11.6 Å². The van der Waals surface area contributed by atoms with Crippen molar-refractivity contribution >= 4 is 11.6 Å². The number of methoxy groups -OCH3 is 2. The van der Waals surface area contributed by atoms with E-state index in [0.29, 0.717) is 16.5 Å². The number of rotatable bonds is 7. The topological polar surface area (TPSA) is 30.5 Å². The van der Waals surface area contributed by atoms with Crippen LogP contribution in [0.1, 0.15) is 18.4 Å². The zero-order valence-corrected chi connectivity index (χ0v) is 11.5. The summed E-state index contributed by atoms with van der Waals surface area (Å²) >= 11 is 6.12. The van der Waals surface area contributed by atoms with E-state index in [2.05, 4.69) is 11.2 Å². The molecular formula is C14H18ClNO2. The van der Waals surface area contributed by atoms with Gasteiger partial charge in [0.25, 0.3) is 0 Å². The number of halogens is 1. The van der Waals surface area contributed by atoms with Crippen molar-refractivity contribution in [3.05, 3.63) is 22.7 Å². The molecule has 0 fully saturated rings. The van der Waals surface area contributed by atoms with Crippen molar-refractivity contribution in [1.82, 2.24) is 5.32 Å². The molecule has 0 aliphatic heterocycles. The van der Waals surface area contributed by atoms with Crippen LogP contribution in [0, 0.1) is 12.3 Å². The molecule has 1 N–H and O–H groups in total. The Morgan fingerprint density at radius 1 is 1.33 bits per heavy atom. The first-order chi connectivity index (χ1) is 8.72. The minimum Gasteiger partial charge on any atom is -0.493 e. The molecule has 0 aliphatic rings. The number of benzene rings is 1. The van der Waals surface area contributed by atoms with Gasteiger partial charge >= 0.3 is 0 Å². The Labute approximate surface area is 113 Å².